The third-order valence-electron chi connectivity index (χ3n) is 5.20. The Balaban J connectivity index is 0.00000147. The minimum atomic E-state index is 0. The number of benzene rings is 1. The van der Waals surface area contributed by atoms with Gasteiger partial charge in [-0.1, -0.05) is 25.1 Å². The minimum absolute atomic E-state index is 0. The molecule has 0 saturated heterocycles. The van der Waals surface area contributed by atoms with E-state index in [-0.39, 0.29) is 23.9 Å². The molecule has 110 valence electrons. The maximum atomic E-state index is 6.66. The normalized spacial score (nSPS) is 30.9. The molecule has 0 aliphatic heterocycles. The number of ether oxygens (including phenoxy) is 1. The number of hydrogen-bond donors (Lipinski definition) is 1. The van der Waals surface area contributed by atoms with Crippen molar-refractivity contribution in [3.05, 3.63) is 41.5 Å². The van der Waals surface area contributed by atoms with Gasteiger partial charge in [-0.3, -0.25) is 0 Å². The first-order chi connectivity index (χ1) is 9.21. The van der Waals surface area contributed by atoms with E-state index in [1.54, 1.807) is 7.11 Å². The van der Waals surface area contributed by atoms with Gasteiger partial charge >= 0.3 is 0 Å². The van der Waals surface area contributed by atoms with Crippen molar-refractivity contribution in [1.29, 1.82) is 0 Å². The predicted molar refractivity (Wildman–Crippen MR) is 85.8 cm³/mol. The molecule has 0 heterocycles. The van der Waals surface area contributed by atoms with Crippen molar-refractivity contribution < 1.29 is 4.74 Å². The molecule has 0 spiro atoms. The van der Waals surface area contributed by atoms with Crippen molar-refractivity contribution in [2.24, 2.45) is 11.7 Å². The van der Waals surface area contributed by atoms with Gasteiger partial charge in [-0.25, -0.2) is 0 Å². The third kappa shape index (κ3) is 2.15. The van der Waals surface area contributed by atoms with Crippen LogP contribution in [0.3, 0.4) is 0 Å². The molecule has 1 aromatic carbocycles. The molecule has 0 fully saturated rings. The molecule has 2 aliphatic carbocycles. The smallest absolute Gasteiger partial charge is 0.119 e. The summed E-state index contributed by atoms with van der Waals surface area (Å²) in [6, 6.07) is 6.79. The molecule has 3 rings (SSSR count). The van der Waals surface area contributed by atoms with Gasteiger partial charge in [0.2, 0.25) is 0 Å². The van der Waals surface area contributed by atoms with Gasteiger partial charge in [0.1, 0.15) is 5.75 Å². The molecule has 0 radical (unpaired) electrons. The molecule has 0 saturated carbocycles. The van der Waals surface area contributed by atoms with Gasteiger partial charge in [-0.2, -0.15) is 0 Å². The Bertz CT molecular complexity index is 514. The highest BCUT2D eigenvalue weighted by Crippen LogP contribution is 2.47. The lowest BCUT2D eigenvalue weighted by Gasteiger charge is -2.46. The first-order valence-corrected chi connectivity index (χ1v) is 7.29. The van der Waals surface area contributed by atoms with Crippen LogP contribution in [0, 0.1) is 5.92 Å². The summed E-state index contributed by atoms with van der Waals surface area (Å²) in [7, 11) is 1.74. The third-order valence-corrected chi connectivity index (χ3v) is 5.20. The van der Waals surface area contributed by atoms with Crippen molar-refractivity contribution >= 4 is 12.4 Å². The molecule has 2 nitrogen and oxygen atoms in total. The lowest BCUT2D eigenvalue weighted by Crippen LogP contribution is -2.52. The van der Waals surface area contributed by atoms with Crippen molar-refractivity contribution in [2.75, 3.05) is 7.11 Å². The summed E-state index contributed by atoms with van der Waals surface area (Å²) in [5.41, 5.74) is 9.64. The lowest BCUT2D eigenvalue weighted by molar-refractivity contribution is 0.233. The zero-order valence-electron chi connectivity index (χ0n) is 12.3. The van der Waals surface area contributed by atoms with E-state index < -0.39 is 0 Å². The summed E-state index contributed by atoms with van der Waals surface area (Å²) in [5.74, 6) is 1.53. The molecular weight excluding hydrogens is 270 g/mol. The van der Waals surface area contributed by atoms with E-state index in [4.69, 9.17) is 10.5 Å². The fourth-order valence-corrected chi connectivity index (χ4v) is 3.98. The number of allylic oxidation sites excluding steroid dienone is 2. The molecule has 2 N–H and O–H groups in total. The van der Waals surface area contributed by atoms with Crippen LogP contribution in [-0.2, 0) is 11.8 Å². The van der Waals surface area contributed by atoms with E-state index in [0.717, 1.165) is 31.4 Å². The number of halogens is 1. The largest absolute Gasteiger partial charge is 0.497 e. The fourth-order valence-electron chi connectivity index (χ4n) is 3.98. The Labute approximate surface area is 127 Å². The monoisotopic (exact) mass is 293 g/mol. The van der Waals surface area contributed by atoms with Gasteiger partial charge in [0.15, 0.2) is 0 Å². The van der Waals surface area contributed by atoms with Crippen molar-refractivity contribution in [3.63, 3.8) is 0 Å². The maximum absolute atomic E-state index is 6.66. The molecule has 3 atom stereocenters. The van der Waals surface area contributed by atoms with Crippen LogP contribution >= 0.6 is 12.4 Å². The Kier molecular flexibility index (Phi) is 4.46. The fraction of sp³-hybridized carbons (Fsp3) is 0.529. The molecule has 1 unspecified atom stereocenters. The van der Waals surface area contributed by atoms with Crippen LogP contribution in [0.1, 0.15) is 37.3 Å². The van der Waals surface area contributed by atoms with Gasteiger partial charge in [0, 0.05) is 11.5 Å². The highest BCUT2D eigenvalue weighted by molar-refractivity contribution is 5.85. The Morgan fingerprint density at radius 2 is 2.15 bits per heavy atom. The van der Waals surface area contributed by atoms with E-state index in [9.17, 15) is 0 Å². The van der Waals surface area contributed by atoms with Crippen LogP contribution in [0.2, 0.25) is 0 Å². The van der Waals surface area contributed by atoms with E-state index in [2.05, 4.69) is 37.3 Å². The van der Waals surface area contributed by atoms with E-state index in [1.165, 1.54) is 11.1 Å². The molecule has 3 heteroatoms. The van der Waals surface area contributed by atoms with Gasteiger partial charge in [0.05, 0.1) is 7.11 Å². The maximum Gasteiger partial charge on any atom is 0.119 e. The molecule has 0 amide bonds. The zero-order chi connectivity index (χ0) is 13.5. The summed E-state index contributed by atoms with van der Waals surface area (Å²) < 4.78 is 5.42. The SMILES string of the molecule is CC[C@@]12CC=CCC(Cc3ccc(OC)cc31)[C@@H]2N.Cl. The number of methoxy groups -OCH3 is 1. The summed E-state index contributed by atoms with van der Waals surface area (Å²) in [4.78, 5) is 0. The molecule has 0 aromatic heterocycles. The second-order valence-corrected chi connectivity index (χ2v) is 5.93. The molecule has 2 aliphatic rings. The average Bonchev–Trinajstić information content (AvgIpc) is 2.55. The second-order valence-electron chi connectivity index (χ2n) is 5.93. The number of rotatable bonds is 2. The first kappa shape index (κ1) is 15.4. The standard InChI is InChI=1S/C17H23NO.ClH/c1-3-17-9-5-4-6-13(16(17)18)10-12-7-8-14(19-2)11-15(12)17;/h4-5,7-8,11,13,16H,3,6,9-10,18H2,1-2H3;1H/t13?,16-,17+;/m0./s1. The molecular formula is C17H24ClNO. The predicted octanol–water partition coefficient (Wildman–Crippen LogP) is 3.61. The summed E-state index contributed by atoms with van der Waals surface area (Å²) in [6.45, 7) is 2.27. The Hall–Kier alpha value is -0.990. The quantitative estimate of drug-likeness (QED) is 0.846. The molecule has 20 heavy (non-hydrogen) atoms. The van der Waals surface area contributed by atoms with E-state index in [1.807, 2.05) is 0 Å². The van der Waals surface area contributed by atoms with Crippen molar-refractivity contribution in [2.45, 2.75) is 44.1 Å². The average molecular weight is 294 g/mol. The summed E-state index contributed by atoms with van der Waals surface area (Å²) in [5, 5.41) is 0. The van der Waals surface area contributed by atoms with Crippen LogP contribution in [-0.4, -0.2) is 13.2 Å². The Morgan fingerprint density at radius 1 is 1.35 bits per heavy atom. The summed E-state index contributed by atoms with van der Waals surface area (Å²) in [6.07, 6.45) is 9.03. The van der Waals surface area contributed by atoms with Gasteiger partial charge in [-0.05, 0) is 54.9 Å². The van der Waals surface area contributed by atoms with Crippen LogP contribution < -0.4 is 10.5 Å². The van der Waals surface area contributed by atoms with Gasteiger partial charge in [0.25, 0.3) is 0 Å². The van der Waals surface area contributed by atoms with Crippen molar-refractivity contribution in [3.8, 4) is 5.75 Å². The molecule has 2 bridgehead atoms. The van der Waals surface area contributed by atoms with E-state index in [0.29, 0.717) is 5.92 Å². The minimum Gasteiger partial charge on any atom is -0.497 e. The van der Waals surface area contributed by atoms with Crippen LogP contribution in [0.4, 0.5) is 0 Å². The zero-order valence-corrected chi connectivity index (χ0v) is 13.1. The highest BCUT2D eigenvalue weighted by Gasteiger charge is 2.45. The molecule has 1 aromatic rings. The Morgan fingerprint density at radius 3 is 2.85 bits per heavy atom. The van der Waals surface area contributed by atoms with Gasteiger partial charge in [-0.15, -0.1) is 12.4 Å². The number of nitrogens with two attached hydrogens (primary N) is 1. The lowest BCUT2D eigenvalue weighted by atomic mass is 9.60. The first-order valence-electron chi connectivity index (χ1n) is 7.29. The van der Waals surface area contributed by atoms with Crippen LogP contribution in [0.15, 0.2) is 30.4 Å². The number of fused-ring (bicyclic) bond motifs is 4. The highest BCUT2D eigenvalue weighted by atomic mass is 35.5. The second kappa shape index (κ2) is 5.79. The number of hydrogen-bond acceptors (Lipinski definition) is 2. The van der Waals surface area contributed by atoms with E-state index >= 15 is 0 Å². The van der Waals surface area contributed by atoms with Crippen molar-refractivity contribution in [1.82, 2.24) is 0 Å². The topological polar surface area (TPSA) is 35.2 Å². The van der Waals surface area contributed by atoms with Crippen LogP contribution in [0.25, 0.3) is 0 Å². The van der Waals surface area contributed by atoms with Gasteiger partial charge < -0.3 is 10.5 Å². The summed E-state index contributed by atoms with van der Waals surface area (Å²) >= 11 is 0. The van der Waals surface area contributed by atoms with Crippen LogP contribution in [0.5, 0.6) is 5.75 Å².